The van der Waals surface area contributed by atoms with Crippen molar-refractivity contribution in [2.75, 3.05) is 19.0 Å². The summed E-state index contributed by atoms with van der Waals surface area (Å²) in [7, 11) is -1.97. The number of hydrogen-bond donors (Lipinski definition) is 1. The number of nitrogens with zero attached hydrogens (tertiary/aromatic N) is 1. The van der Waals surface area contributed by atoms with E-state index in [4.69, 9.17) is 17.3 Å². The van der Waals surface area contributed by atoms with Crippen LogP contribution in [0.2, 0.25) is 5.02 Å². The van der Waals surface area contributed by atoms with Gasteiger partial charge in [0.2, 0.25) is 5.91 Å². The lowest BCUT2D eigenvalue weighted by Crippen LogP contribution is -2.48. The zero-order chi connectivity index (χ0) is 15.7. The van der Waals surface area contributed by atoms with Gasteiger partial charge in [0, 0.05) is 30.6 Å². The molecule has 0 fully saturated rings. The number of nitrogens with two attached hydrogens (primary N) is 1. The first-order valence-corrected chi connectivity index (χ1v) is 8.23. The monoisotopic (exact) mass is 318 g/mol. The molecular weight excluding hydrogens is 300 g/mol. The number of carbonyl (C=O) groups is 1. The minimum absolute atomic E-state index is 0.196. The summed E-state index contributed by atoms with van der Waals surface area (Å²) in [6.45, 7) is 2.98. The summed E-state index contributed by atoms with van der Waals surface area (Å²) in [5.41, 5.74) is 6.88. The van der Waals surface area contributed by atoms with Gasteiger partial charge in [-0.3, -0.25) is 4.79 Å². The maximum Gasteiger partial charge on any atom is 0.243 e. The van der Waals surface area contributed by atoms with E-state index in [0.29, 0.717) is 16.3 Å². The lowest BCUT2D eigenvalue weighted by molar-refractivity contribution is -0.132. The van der Waals surface area contributed by atoms with Crippen LogP contribution in [0, 0.1) is 0 Å². The van der Waals surface area contributed by atoms with Crippen LogP contribution in [0.5, 0.6) is 0 Å². The molecule has 0 atom stereocenters. The van der Waals surface area contributed by atoms with Gasteiger partial charge >= 0.3 is 0 Å². The predicted molar refractivity (Wildman–Crippen MR) is 81.3 cm³/mol. The first-order valence-electron chi connectivity index (χ1n) is 5.96. The lowest BCUT2D eigenvalue weighted by Gasteiger charge is -2.28. The van der Waals surface area contributed by atoms with Gasteiger partial charge in [-0.25, -0.2) is 8.42 Å². The maximum absolute atomic E-state index is 12.3. The molecule has 2 N–H and O–H groups in total. The van der Waals surface area contributed by atoms with Gasteiger partial charge in [0.15, 0.2) is 9.84 Å². The third-order valence-electron chi connectivity index (χ3n) is 3.27. The Bertz CT molecular complexity index is 627. The normalized spacial score (nSPS) is 12.2. The summed E-state index contributed by atoms with van der Waals surface area (Å²) in [6.07, 6.45) is 1.05. The van der Waals surface area contributed by atoms with Crippen LogP contribution in [-0.2, 0) is 21.2 Å². The SMILES string of the molecule is CN(Cc1cc(N)ccc1Cl)C(=O)C(C)(C)S(C)(=O)=O. The highest BCUT2D eigenvalue weighted by Crippen LogP contribution is 2.23. The number of hydrogen-bond acceptors (Lipinski definition) is 4. The van der Waals surface area contributed by atoms with Crippen LogP contribution in [0.4, 0.5) is 5.69 Å². The van der Waals surface area contributed by atoms with E-state index in [0.717, 1.165) is 6.26 Å². The summed E-state index contributed by atoms with van der Waals surface area (Å²) < 4.78 is 21.9. The van der Waals surface area contributed by atoms with Crippen molar-refractivity contribution < 1.29 is 13.2 Å². The van der Waals surface area contributed by atoms with Gasteiger partial charge in [-0.2, -0.15) is 0 Å². The van der Waals surface area contributed by atoms with E-state index in [9.17, 15) is 13.2 Å². The van der Waals surface area contributed by atoms with Crippen molar-refractivity contribution in [2.24, 2.45) is 0 Å². The molecular formula is C13H19ClN2O3S. The van der Waals surface area contributed by atoms with Gasteiger partial charge < -0.3 is 10.6 Å². The third kappa shape index (κ3) is 3.43. The molecule has 7 heteroatoms. The van der Waals surface area contributed by atoms with Crippen LogP contribution in [-0.4, -0.2) is 37.3 Å². The summed E-state index contributed by atoms with van der Waals surface area (Å²) in [5.74, 6) is -0.488. The zero-order valence-corrected chi connectivity index (χ0v) is 13.5. The van der Waals surface area contributed by atoms with Crippen molar-refractivity contribution in [3.8, 4) is 0 Å². The van der Waals surface area contributed by atoms with E-state index in [1.165, 1.54) is 25.8 Å². The smallest absolute Gasteiger partial charge is 0.243 e. The molecule has 0 spiro atoms. The van der Waals surface area contributed by atoms with Gasteiger partial charge in [-0.15, -0.1) is 0 Å². The second-order valence-electron chi connectivity index (χ2n) is 5.29. The molecule has 0 radical (unpaired) electrons. The fourth-order valence-corrected chi connectivity index (χ4v) is 2.31. The molecule has 0 aromatic heterocycles. The van der Waals surface area contributed by atoms with E-state index in [2.05, 4.69) is 0 Å². The van der Waals surface area contributed by atoms with Crippen LogP contribution in [0.15, 0.2) is 18.2 Å². The van der Waals surface area contributed by atoms with E-state index >= 15 is 0 Å². The van der Waals surface area contributed by atoms with E-state index in [1.807, 2.05) is 0 Å². The quantitative estimate of drug-likeness (QED) is 0.857. The Morgan fingerprint density at radius 3 is 2.45 bits per heavy atom. The van der Waals surface area contributed by atoms with Crippen molar-refractivity contribution >= 4 is 33.0 Å². The van der Waals surface area contributed by atoms with Gasteiger partial charge in [0.1, 0.15) is 4.75 Å². The number of sulfone groups is 1. The highest BCUT2D eigenvalue weighted by Gasteiger charge is 2.40. The first kappa shape index (κ1) is 16.8. The molecule has 0 heterocycles. The highest BCUT2D eigenvalue weighted by molar-refractivity contribution is 7.92. The highest BCUT2D eigenvalue weighted by atomic mass is 35.5. The summed E-state index contributed by atoms with van der Waals surface area (Å²) >= 11 is 6.04. The molecule has 1 amide bonds. The maximum atomic E-state index is 12.3. The van der Waals surface area contributed by atoms with Crippen LogP contribution < -0.4 is 5.73 Å². The number of benzene rings is 1. The fourth-order valence-electron chi connectivity index (χ4n) is 1.66. The molecule has 0 bridgehead atoms. The van der Waals surface area contributed by atoms with Crippen LogP contribution >= 0.6 is 11.6 Å². The number of halogens is 1. The molecule has 0 aliphatic carbocycles. The fraction of sp³-hybridized carbons (Fsp3) is 0.462. The Hall–Kier alpha value is -1.27. The Balaban J connectivity index is 3.00. The molecule has 1 rings (SSSR count). The predicted octanol–water partition coefficient (Wildman–Crippen LogP) is 1.70. The average molecular weight is 319 g/mol. The average Bonchev–Trinajstić information content (AvgIpc) is 2.31. The molecule has 20 heavy (non-hydrogen) atoms. The third-order valence-corrected chi connectivity index (χ3v) is 5.66. The molecule has 1 aromatic rings. The van der Waals surface area contributed by atoms with Gasteiger partial charge in [-0.05, 0) is 37.6 Å². The largest absolute Gasteiger partial charge is 0.399 e. The van der Waals surface area contributed by atoms with E-state index in [1.54, 1.807) is 18.2 Å². The molecule has 0 aliphatic heterocycles. The van der Waals surface area contributed by atoms with Gasteiger partial charge in [0.05, 0.1) is 0 Å². The Labute approximate surface area is 124 Å². The molecule has 1 aromatic carbocycles. The minimum atomic E-state index is -3.51. The molecule has 0 saturated heterocycles. The summed E-state index contributed by atoms with van der Waals surface area (Å²) in [5, 5.41) is 0.482. The van der Waals surface area contributed by atoms with E-state index < -0.39 is 20.5 Å². The van der Waals surface area contributed by atoms with Crippen molar-refractivity contribution in [2.45, 2.75) is 25.1 Å². The molecule has 5 nitrogen and oxygen atoms in total. The Morgan fingerprint density at radius 2 is 1.95 bits per heavy atom. The van der Waals surface area contributed by atoms with Crippen LogP contribution in [0.3, 0.4) is 0 Å². The minimum Gasteiger partial charge on any atom is -0.399 e. The molecule has 112 valence electrons. The van der Waals surface area contributed by atoms with Crippen LogP contribution in [0.1, 0.15) is 19.4 Å². The first-order chi connectivity index (χ1) is 8.96. The number of carbonyl (C=O) groups excluding carboxylic acids is 1. The molecule has 0 unspecified atom stereocenters. The van der Waals surface area contributed by atoms with Crippen molar-refractivity contribution in [3.63, 3.8) is 0 Å². The number of anilines is 1. The summed E-state index contributed by atoms with van der Waals surface area (Å²) in [4.78, 5) is 13.6. The zero-order valence-electron chi connectivity index (χ0n) is 12.0. The van der Waals surface area contributed by atoms with Crippen LogP contribution in [0.25, 0.3) is 0 Å². The Morgan fingerprint density at radius 1 is 1.40 bits per heavy atom. The van der Waals surface area contributed by atoms with Crippen molar-refractivity contribution in [1.82, 2.24) is 4.90 Å². The molecule has 0 saturated carbocycles. The second-order valence-corrected chi connectivity index (χ2v) is 8.27. The number of rotatable bonds is 4. The number of nitrogen functional groups attached to an aromatic ring is 1. The van der Waals surface area contributed by atoms with Gasteiger partial charge in [-0.1, -0.05) is 11.6 Å². The van der Waals surface area contributed by atoms with Crippen molar-refractivity contribution in [1.29, 1.82) is 0 Å². The lowest BCUT2D eigenvalue weighted by atomic mass is 10.1. The standard InChI is InChI=1S/C13H19ClN2O3S/c1-13(2,20(4,18)19)12(17)16(3)8-9-7-10(15)5-6-11(9)14/h5-7H,8,15H2,1-4H3. The topological polar surface area (TPSA) is 80.5 Å². The molecule has 0 aliphatic rings. The van der Waals surface area contributed by atoms with Crippen molar-refractivity contribution in [3.05, 3.63) is 28.8 Å². The Kier molecular flexibility index (Phi) is 4.71. The summed E-state index contributed by atoms with van der Waals surface area (Å²) in [6, 6.07) is 4.97. The van der Waals surface area contributed by atoms with Gasteiger partial charge in [0.25, 0.3) is 0 Å². The second kappa shape index (κ2) is 5.61. The number of amides is 1. The van der Waals surface area contributed by atoms with E-state index in [-0.39, 0.29) is 6.54 Å².